The summed E-state index contributed by atoms with van der Waals surface area (Å²) in [6.45, 7) is 18.3. The van der Waals surface area contributed by atoms with Gasteiger partial charge in [-0.25, -0.2) is 0 Å². The zero-order valence-electron chi connectivity index (χ0n) is 27.8. The van der Waals surface area contributed by atoms with Gasteiger partial charge >= 0.3 is 0 Å². The van der Waals surface area contributed by atoms with Gasteiger partial charge in [-0.05, 0) is 97.4 Å². The van der Waals surface area contributed by atoms with Crippen LogP contribution in [0.4, 0.5) is 0 Å². The molecule has 0 amide bonds. The minimum Gasteiger partial charge on any atom is -0.145 e. The van der Waals surface area contributed by atoms with Crippen molar-refractivity contribution in [2.45, 2.75) is 144 Å². The Labute approximate surface area is 254 Å². The van der Waals surface area contributed by atoms with Gasteiger partial charge in [0, 0.05) is 11.8 Å². The molecule has 5 atom stereocenters. The van der Waals surface area contributed by atoms with Gasteiger partial charge in [0.25, 0.3) is 0 Å². The van der Waals surface area contributed by atoms with Gasteiger partial charge in [-0.2, -0.15) is 0 Å². The zero-order valence-corrected chi connectivity index (χ0v) is 27.8. The predicted molar refractivity (Wildman–Crippen MR) is 180 cm³/mol. The first kappa shape index (κ1) is 35.1. The van der Waals surface area contributed by atoms with Gasteiger partial charge in [0.1, 0.15) is 0 Å². The molecule has 1 aromatic carbocycles. The summed E-state index contributed by atoms with van der Waals surface area (Å²) < 4.78 is 0. The molecule has 0 spiro atoms. The van der Waals surface area contributed by atoms with Crippen molar-refractivity contribution in [2.24, 2.45) is 34.8 Å². The van der Waals surface area contributed by atoms with Crippen molar-refractivity contribution >= 4 is 0 Å². The summed E-state index contributed by atoms with van der Waals surface area (Å²) in [5, 5.41) is 3.64. The quantitative estimate of drug-likeness (QED) is 0.106. The number of hydrogen-bond acceptors (Lipinski definition) is 2. The summed E-state index contributed by atoms with van der Waals surface area (Å²) in [5.74, 6) is 5.95. The van der Waals surface area contributed by atoms with Crippen LogP contribution in [0.25, 0.3) is 0 Å². The Bertz CT molecular complexity index is 1020. The molecule has 0 heterocycles. The summed E-state index contributed by atoms with van der Waals surface area (Å²) in [6, 6.07) is 6.74. The smallest absolute Gasteiger partial charge is 0.0843 e. The lowest BCUT2D eigenvalue weighted by molar-refractivity contribution is 0.357. The topological polar surface area (TPSA) is 29.4 Å². The van der Waals surface area contributed by atoms with E-state index in [0.717, 1.165) is 30.9 Å². The first-order chi connectivity index (χ1) is 19.6. The number of allylic oxidation sites excluding steroid dienone is 4. The van der Waals surface area contributed by atoms with E-state index >= 15 is 0 Å². The fraction of sp³-hybridized carbons (Fsp3) is 0.692. The second-order valence-electron chi connectivity index (χ2n) is 13.8. The molecular weight excluding hydrogens is 498 g/mol. The van der Waals surface area contributed by atoms with E-state index in [9.17, 15) is 4.91 Å². The molecule has 41 heavy (non-hydrogen) atoms. The Morgan fingerprint density at radius 1 is 1.02 bits per heavy atom. The molecule has 2 nitrogen and oxygen atoms in total. The first-order valence-electron chi connectivity index (χ1n) is 16.9. The molecule has 5 unspecified atom stereocenters. The molecule has 1 saturated carbocycles. The van der Waals surface area contributed by atoms with Gasteiger partial charge in [0.15, 0.2) is 0 Å². The molecule has 2 heteroatoms. The number of rotatable bonds is 17. The van der Waals surface area contributed by atoms with Gasteiger partial charge in [-0.1, -0.05) is 128 Å². The van der Waals surface area contributed by atoms with Crippen LogP contribution in [0.5, 0.6) is 0 Å². The maximum Gasteiger partial charge on any atom is 0.0843 e. The van der Waals surface area contributed by atoms with Crippen LogP contribution in [0.2, 0.25) is 0 Å². The molecule has 0 saturated heterocycles. The molecule has 0 N–H and O–H groups in total. The van der Waals surface area contributed by atoms with E-state index < -0.39 is 0 Å². The molecule has 0 bridgehead atoms. The molecule has 2 rings (SSSR count). The third-order valence-corrected chi connectivity index (χ3v) is 9.83. The van der Waals surface area contributed by atoms with Crippen LogP contribution in [-0.2, 0) is 0 Å². The van der Waals surface area contributed by atoms with Gasteiger partial charge in [0.2, 0.25) is 0 Å². The highest BCUT2D eigenvalue weighted by atomic mass is 16.3. The Balaban J connectivity index is 2.26. The predicted octanol–water partition coefficient (Wildman–Crippen LogP) is 12.3. The number of terminal acetylenes is 1. The van der Waals surface area contributed by atoms with Gasteiger partial charge in [0.05, 0.1) is 5.70 Å². The van der Waals surface area contributed by atoms with Crippen molar-refractivity contribution in [2.75, 3.05) is 0 Å². The van der Waals surface area contributed by atoms with Crippen LogP contribution in [0.1, 0.15) is 154 Å². The average molecular weight is 560 g/mol. The van der Waals surface area contributed by atoms with E-state index in [1.54, 1.807) is 5.57 Å². The summed E-state index contributed by atoms with van der Waals surface area (Å²) in [5.41, 5.74) is 6.18. The van der Waals surface area contributed by atoms with Gasteiger partial charge in [-0.15, -0.1) is 11.3 Å². The molecule has 1 fully saturated rings. The largest absolute Gasteiger partial charge is 0.145 e. The van der Waals surface area contributed by atoms with Crippen molar-refractivity contribution in [1.29, 1.82) is 0 Å². The second-order valence-corrected chi connectivity index (χ2v) is 13.8. The molecule has 1 aliphatic rings. The molecule has 1 aliphatic carbocycles. The SMILES string of the molecule is C#CC(C)c1ccc(C(CC(C)CCC=C(CC(C)CCC)C(C)C)C(C)/C(=C\CC2CCCCC2)N=O)c(C)c1. The molecule has 0 aliphatic heterocycles. The second kappa shape index (κ2) is 18.4. The zero-order chi connectivity index (χ0) is 30.4. The lowest BCUT2D eigenvalue weighted by atomic mass is 9.76. The van der Waals surface area contributed by atoms with Crippen LogP contribution >= 0.6 is 0 Å². The Morgan fingerprint density at radius 2 is 1.73 bits per heavy atom. The number of nitroso groups, excluding NO2 is 1. The van der Waals surface area contributed by atoms with Crippen molar-refractivity contribution in [1.82, 2.24) is 0 Å². The summed E-state index contributed by atoms with van der Waals surface area (Å²) in [7, 11) is 0. The van der Waals surface area contributed by atoms with Gasteiger partial charge in [-0.3, -0.25) is 0 Å². The van der Waals surface area contributed by atoms with Gasteiger partial charge < -0.3 is 0 Å². The van der Waals surface area contributed by atoms with Crippen LogP contribution in [0, 0.1) is 53.8 Å². The highest BCUT2D eigenvalue weighted by Crippen LogP contribution is 2.40. The highest BCUT2D eigenvalue weighted by molar-refractivity contribution is 5.38. The lowest BCUT2D eigenvalue weighted by Crippen LogP contribution is -2.17. The van der Waals surface area contributed by atoms with Crippen molar-refractivity contribution in [3.05, 3.63) is 63.2 Å². The molecule has 1 aromatic rings. The molecule has 228 valence electrons. The van der Waals surface area contributed by atoms with E-state index in [4.69, 9.17) is 6.42 Å². The van der Waals surface area contributed by atoms with Crippen molar-refractivity contribution < 1.29 is 0 Å². The maximum atomic E-state index is 12.2. The Morgan fingerprint density at radius 3 is 2.32 bits per heavy atom. The monoisotopic (exact) mass is 559 g/mol. The van der Waals surface area contributed by atoms with E-state index in [1.807, 2.05) is 0 Å². The summed E-state index contributed by atoms with van der Waals surface area (Å²) in [4.78, 5) is 12.2. The van der Waals surface area contributed by atoms with E-state index in [1.165, 1.54) is 74.5 Å². The van der Waals surface area contributed by atoms with E-state index in [2.05, 4.69) is 96.8 Å². The lowest BCUT2D eigenvalue weighted by Gasteiger charge is -2.29. The Kier molecular flexibility index (Phi) is 15.7. The number of aryl methyl sites for hydroxylation is 1. The first-order valence-corrected chi connectivity index (χ1v) is 16.9. The normalized spacial score (nSPS) is 18.9. The van der Waals surface area contributed by atoms with Crippen LogP contribution in [0.3, 0.4) is 0 Å². The van der Waals surface area contributed by atoms with E-state index in [0.29, 0.717) is 17.8 Å². The van der Waals surface area contributed by atoms with Crippen molar-refractivity contribution in [3.8, 4) is 12.3 Å². The number of hydrogen-bond donors (Lipinski definition) is 0. The fourth-order valence-corrected chi connectivity index (χ4v) is 6.96. The summed E-state index contributed by atoms with van der Waals surface area (Å²) >= 11 is 0. The fourth-order valence-electron chi connectivity index (χ4n) is 6.96. The third-order valence-electron chi connectivity index (χ3n) is 9.83. The molecule has 0 radical (unpaired) electrons. The van der Waals surface area contributed by atoms with E-state index in [-0.39, 0.29) is 17.8 Å². The van der Waals surface area contributed by atoms with Crippen LogP contribution in [-0.4, -0.2) is 0 Å². The molecule has 0 aromatic heterocycles. The van der Waals surface area contributed by atoms with Crippen LogP contribution in [0.15, 0.2) is 46.8 Å². The standard InChI is InChI=1S/C39H61NO/c1-10-16-29(5)25-35(28(3)4)20-15-17-30(6)26-38(37-23-22-36(27-32(37)8)31(7)11-2)33(9)39(40-41)24-21-34-18-13-12-14-19-34/h2,20,22-24,27-31,33-34,38H,10,12-19,21,25-26H2,1,3-9H3/b35-20?,39-24+. The highest BCUT2D eigenvalue weighted by Gasteiger charge is 2.27. The Hall–Kier alpha value is -2.14. The maximum absolute atomic E-state index is 12.2. The van der Waals surface area contributed by atoms with Crippen molar-refractivity contribution in [3.63, 3.8) is 0 Å². The van der Waals surface area contributed by atoms with Crippen LogP contribution < -0.4 is 0 Å². The minimum absolute atomic E-state index is 0.0878. The average Bonchev–Trinajstić information content (AvgIpc) is 2.95. The summed E-state index contributed by atoms with van der Waals surface area (Å²) in [6.07, 6.45) is 25.2. The number of nitrogens with zero attached hydrogens (tertiary/aromatic N) is 1. The minimum atomic E-state index is 0.0878. The third kappa shape index (κ3) is 11.6. The molecular formula is C39H61NO. The number of benzene rings is 1.